The van der Waals surface area contributed by atoms with Crippen molar-refractivity contribution in [3.63, 3.8) is 0 Å². The number of hydrogen-bond acceptors (Lipinski definition) is 6. The van der Waals surface area contributed by atoms with Gasteiger partial charge in [-0.15, -0.1) is 0 Å². The molecule has 0 fully saturated rings. The average Bonchev–Trinajstić information content (AvgIpc) is 3.04. The minimum Gasteiger partial charge on any atom is -0.486 e. The maximum Gasteiger partial charge on any atom is 0.276 e. The number of nitro groups is 1. The van der Waals surface area contributed by atoms with E-state index >= 15 is 0 Å². The number of nitrogens with one attached hydrogen (secondary N) is 1. The van der Waals surface area contributed by atoms with Gasteiger partial charge in [0.1, 0.15) is 12.4 Å². The number of rotatable bonds is 7. The highest BCUT2D eigenvalue weighted by molar-refractivity contribution is 7.71. The van der Waals surface area contributed by atoms with E-state index in [0.29, 0.717) is 21.9 Å². The van der Waals surface area contributed by atoms with Gasteiger partial charge in [0.25, 0.3) is 5.69 Å². The normalized spacial score (nSPS) is 11.3. The van der Waals surface area contributed by atoms with Gasteiger partial charge in [-0.25, -0.2) is 5.10 Å². The van der Waals surface area contributed by atoms with E-state index < -0.39 is 4.92 Å². The summed E-state index contributed by atoms with van der Waals surface area (Å²) in [5.74, 6) is 1.21. The lowest BCUT2D eigenvalue weighted by Gasteiger charge is -2.04. The molecule has 0 unspecified atom stereocenters. The number of allylic oxidation sites excluding steroid dienone is 1. The number of aromatic amines is 1. The van der Waals surface area contributed by atoms with Crippen LogP contribution in [0, 0.1) is 14.9 Å². The summed E-state index contributed by atoms with van der Waals surface area (Å²) in [5, 5.41) is 22.0. The Hall–Kier alpha value is -3.59. The van der Waals surface area contributed by atoms with Crippen LogP contribution in [-0.4, -0.2) is 26.0 Å². The molecule has 0 saturated carbocycles. The smallest absolute Gasteiger partial charge is 0.276 e. The Morgan fingerprint density at radius 3 is 2.74 bits per heavy atom. The monoisotopic (exact) mass is 381 g/mol. The van der Waals surface area contributed by atoms with Gasteiger partial charge in [-0.2, -0.15) is 14.9 Å². The first-order valence-electron chi connectivity index (χ1n) is 7.94. The molecule has 0 amide bonds. The number of benzene rings is 2. The SMILES string of the molecule is O=[N+]([O-])c1ccccc1/C=C/C=N/n1c(COc2ccccc2)n[nH]c1=S. The van der Waals surface area contributed by atoms with Gasteiger partial charge in [0, 0.05) is 12.3 Å². The van der Waals surface area contributed by atoms with Crippen molar-refractivity contribution in [3.05, 3.63) is 86.9 Å². The third-order valence-corrected chi connectivity index (χ3v) is 3.77. The molecule has 136 valence electrons. The lowest BCUT2D eigenvalue weighted by atomic mass is 10.2. The molecule has 1 aromatic heterocycles. The first-order valence-corrected chi connectivity index (χ1v) is 8.34. The molecular weight excluding hydrogens is 366 g/mol. The number of H-pyrrole nitrogens is 1. The van der Waals surface area contributed by atoms with Crippen LogP contribution in [0.2, 0.25) is 0 Å². The fourth-order valence-corrected chi connectivity index (χ4v) is 2.45. The molecule has 27 heavy (non-hydrogen) atoms. The molecule has 1 N–H and O–H groups in total. The minimum atomic E-state index is -0.429. The zero-order valence-electron chi connectivity index (χ0n) is 14.1. The molecule has 2 aromatic carbocycles. The van der Waals surface area contributed by atoms with Crippen LogP contribution in [0.3, 0.4) is 0 Å². The molecular formula is C18H15N5O3S. The van der Waals surface area contributed by atoms with Gasteiger partial charge in [0.05, 0.1) is 10.5 Å². The third kappa shape index (κ3) is 4.73. The van der Waals surface area contributed by atoms with E-state index in [2.05, 4.69) is 15.3 Å². The standard InChI is InChI=1S/C18H15N5O3S/c24-23(25)16-11-5-4-7-14(16)8-6-12-19-22-17(20-21-18(22)27)13-26-15-9-2-1-3-10-15/h1-12H,13H2,(H,21,27)/b8-6+,19-12+. The molecule has 3 aromatic rings. The van der Waals surface area contributed by atoms with Gasteiger partial charge >= 0.3 is 0 Å². The Bertz CT molecular complexity index is 1040. The van der Waals surface area contributed by atoms with Crippen molar-refractivity contribution >= 4 is 30.2 Å². The number of para-hydroxylation sites is 2. The number of nitro benzene ring substituents is 1. The van der Waals surface area contributed by atoms with Crippen LogP contribution in [0.4, 0.5) is 5.69 Å². The Labute approximate surface area is 159 Å². The highest BCUT2D eigenvalue weighted by atomic mass is 32.1. The first-order chi connectivity index (χ1) is 13.1. The average molecular weight is 381 g/mol. The van der Waals surface area contributed by atoms with E-state index in [4.69, 9.17) is 17.0 Å². The molecule has 0 bridgehead atoms. The van der Waals surface area contributed by atoms with Crippen molar-refractivity contribution in [2.75, 3.05) is 0 Å². The fourth-order valence-electron chi connectivity index (χ4n) is 2.25. The van der Waals surface area contributed by atoms with Crippen molar-refractivity contribution in [1.82, 2.24) is 14.9 Å². The van der Waals surface area contributed by atoms with E-state index in [1.165, 1.54) is 17.0 Å². The van der Waals surface area contributed by atoms with E-state index in [1.807, 2.05) is 30.3 Å². The van der Waals surface area contributed by atoms with Gasteiger partial charge in [-0.3, -0.25) is 10.1 Å². The second-order valence-electron chi connectivity index (χ2n) is 5.30. The van der Waals surface area contributed by atoms with Crippen molar-refractivity contribution in [2.45, 2.75) is 6.61 Å². The molecule has 0 saturated heterocycles. The van der Waals surface area contributed by atoms with Crippen LogP contribution in [0.25, 0.3) is 6.08 Å². The minimum absolute atomic E-state index is 0.0269. The Balaban J connectivity index is 1.72. The second-order valence-corrected chi connectivity index (χ2v) is 5.68. The summed E-state index contributed by atoms with van der Waals surface area (Å²) in [6, 6.07) is 15.8. The number of nitrogens with zero attached hydrogens (tertiary/aromatic N) is 4. The van der Waals surface area contributed by atoms with Crippen LogP contribution >= 0.6 is 12.2 Å². The summed E-state index contributed by atoms with van der Waals surface area (Å²) in [6.07, 6.45) is 4.68. The maximum atomic E-state index is 11.0. The molecule has 0 aliphatic heterocycles. The summed E-state index contributed by atoms with van der Waals surface area (Å²) in [6.45, 7) is 0.183. The van der Waals surface area contributed by atoms with Crippen molar-refractivity contribution < 1.29 is 9.66 Å². The van der Waals surface area contributed by atoms with Gasteiger partial charge < -0.3 is 4.74 Å². The molecule has 0 atom stereocenters. The van der Waals surface area contributed by atoms with E-state index in [-0.39, 0.29) is 12.3 Å². The molecule has 8 nitrogen and oxygen atoms in total. The van der Waals surface area contributed by atoms with Crippen LogP contribution in [-0.2, 0) is 6.61 Å². The van der Waals surface area contributed by atoms with E-state index in [9.17, 15) is 10.1 Å². The van der Waals surface area contributed by atoms with Crippen molar-refractivity contribution in [2.24, 2.45) is 5.10 Å². The Morgan fingerprint density at radius 2 is 1.96 bits per heavy atom. The second kappa shape index (κ2) is 8.68. The largest absolute Gasteiger partial charge is 0.486 e. The summed E-state index contributed by atoms with van der Waals surface area (Å²) in [5.41, 5.74) is 0.511. The van der Waals surface area contributed by atoms with Crippen LogP contribution in [0.1, 0.15) is 11.4 Å². The fraction of sp³-hybridized carbons (Fsp3) is 0.0556. The Kier molecular flexibility index (Phi) is 5.85. The summed E-state index contributed by atoms with van der Waals surface area (Å²) >= 11 is 5.16. The van der Waals surface area contributed by atoms with Crippen LogP contribution < -0.4 is 4.74 Å². The van der Waals surface area contributed by atoms with E-state index in [0.717, 1.165) is 0 Å². The molecule has 3 rings (SSSR count). The summed E-state index contributed by atoms with van der Waals surface area (Å²) in [7, 11) is 0. The quantitative estimate of drug-likeness (QED) is 0.289. The van der Waals surface area contributed by atoms with Crippen molar-refractivity contribution in [3.8, 4) is 5.75 Å². The lowest BCUT2D eigenvalue weighted by Crippen LogP contribution is -2.03. The van der Waals surface area contributed by atoms with Gasteiger partial charge in [-0.1, -0.05) is 30.3 Å². The van der Waals surface area contributed by atoms with Gasteiger partial charge in [-0.05, 0) is 42.6 Å². The van der Waals surface area contributed by atoms with E-state index in [1.54, 1.807) is 30.4 Å². The molecule has 9 heteroatoms. The Morgan fingerprint density at radius 1 is 1.22 bits per heavy atom. The molecule has 1 heterocycles. The van der Waals surface area contributed by atoms with Crippen molar-refractivity contribution in [1.29, 1.82) is 0 Å². The molecule has 0 radical (unpaired) electrons. The zero-order chi connectivity index (χ0) is 19.1. The molecule has 0 spiro atoms. The third-order valence-electron chi connectivity index (χ3n) is 3.51. The van der Waals surface area contributed by atoms with Gasteiger partial charge in [0.15, 0.2) is 5.82 Å². The summed E-state index contributed by atoms with van der Waals surface area (Å²) in [4.78, 5) is 10.6. The molecule has 0 aliphatic rings. The lowest BCUT2D eigenvalue weighted by molar-refractivity contribution is -0.385. The number of ether oxygens (including phenoxy) is 1. The van der Waals surface area contributed by atoms with Crippen LogP contribution in [0.15, 0.2) is 65.8 Å². The zero-order valence-corrected chi connectivity index (χ0v) is 14.9. The topological polar surface area (TPSA) is 98.3 Å². The summed E-state index contributed by atoms with van der Waals surface area (Å²) < 4.78 is 7.40. The van der Waals surface area contributed by atoms with Gasteiger partial charge in [0.2, 0.25) is 4.77 Å². The van der Waals surface area contributed by atoms with Crippen LogP contribution in [0.5, 0.6) is 5.75 Å². The highest BCUT2D eigenvalue weighted by Gasteiger charge is 2.09. The predicted molar refractivity (Wildman–Crippen MR) is 104 cm³/mol. The number of aromatic nitrogens is 3. The number of hydrogen-bond donors (Lipinski definition) is 1. The predicted octanol–water partition coefficient (Wildman–Crippen LogP) is 3.98. The first kappa shape index (κ1) is 18.2. The maximum absolute atomic E-state index is 11.0. The molecule has 0 aliphatic carbocycles. The highest BCUT2D eigenvalue weighted by Crippen LogP contribution is 2.18.